The first kappa shape index (κ1) is 24.8. The van der Waals surface area contributed by atoms with Gasteiger partial charge in [-0.15, -0.1) is 0 Å². The molecule has 6 heteroatoms. The number of benzene rings is 3. The van der Waals surface area contributed by atoms with Gasteiger partial charge >= 0.3 is 0 Å². The quantitative estimate of drug-likeness (QED) is 0.456. The number of carbonyl (C=O) groups excluding carboxylic acids is 2. The normalized spacial score (nSPS) is 15.1. The Bertz CT molecular complexity index is 1190. The first-order valence-corrected chi connectivity index (χ1v) is 12.8. The van der Waals surface area contributed by atoms with Gasteiger partial charge in [-0.3, -0.25) is 14.5 Å². The number of nitrogens with zero attached hydrogens (tertiary/aromatic N) is 1. The lowest BCUT2D eigenvalue weighted by molar-refractivity contribution is -0.878. The fourth-order valence-corrected chi connectivity index (χ4v) is 5.03. The molecule has 4 rings (SSSR count). The summed E-state index contributed by atoms with van der Waals surface area (Å²) in [5, 5.41) is 3.00. The van der Waals surface area contributed by atoms with Gasteiger partial charge in [-0.2, -0.15) is 0 Å². The van der Waals surface area contributed by atoms with E-state index in [0.717, 1.165) is 35.7 Å². The van der Waals surface area contributed by atoms with Crippen LogP contribution in [0, 0.1) is 6.92 Å². The van der Waals surface area contributed by atoms with Gasteiger partial charge in [0.25, 0.3) is 5.91 Å². The standard InChI is InChI=1S/C29H31N3O2S/c1-22-12-14-24(15-13-22)20-27-29(34)32(25-10-6-7-11-26(25)35-27)21-28(33)30-17-19-31(2)18-16-23-8-4-3-5-9-23/h3-15,20H,16-19,21H2,1-2H3,(H,30,33)/p+1. The minimum Gasteiger partial charge on any atom is -0.349 e. The number of aryl methyl sites for hydroxylation is 1. The van der Waals surface area contributed by atoms with Gasteiger partial charge in [0.2, 0.25) is 5.91 Å². The Morgan fingerprint density at radius 1 is 0.971 bits per heavy atom. The fourth-order valence-electron chi connectivity index (χ4n) is 3.98. The molecular weight excluding hydrogens is 454 g/mol. The van der Waals surface area contributed by atoms with E-state index in [1.165, 1.54) is 27.8 Å². The smallest absolute Gasteiger partial charge is 0.265 e. The second-order valence-electron chi connectivity index (χ2n) is 8.92. The minimum absolute atomic E-state index is 0.00467. The van der Waals surface area contributed by atoms with E-state index < -0.39 is 0 Å². The summed E-state index contributed by atoms with van der Waals surface area (Å²) in [7, 11) is 2.14. The lowest BCUT2D eigenvalue weighted by Gasteiger charge is -2.29. The molecule has 1 heterocycles. The number of amides is 2. The number of thioether (sulfide) groups is 1. The third-order valence-electron chi connectivity index (χ3n) is 6.07. The van der Waals surface area contributed by atoms with Gasteiger partial charge in [-0.1, -0.05) is 84.1 Å². The Hall–Kier alpha value is -3.35. The van der Waals surface area contributed by atoms with Crippen molar-refractivity contribution in [1.29, 1.82) is 0 Å². The van der Waals surface area contributed by atoms with E-state index >= 15 is 0 Å². The lowest BCUT2D eigenvalue weighted by Crippen LogP contribution is -3.10. The zero-order chi connectivity index (χ0) is 24.6. The predicted octanol–water partition coefficient (Wildman–Crippen LogP) is 3.35. The van der Waals surface area contributed by atoms with Crippen molar-refractivity contribution >= 4 is 35.3 Å². The number of quaternary nitrogens is 1. The summed E-state index contributed by atoms with van der Waals surface area (Å²) in [5.74, 6) is -0.291. The summed E-state index contributed by atoms with van der Waals surface area (Å²) < 4.78 is 0. The van der Waals surface area contributed by atoms with Crippen molar-refractivity contribution in [3.8, 4) is 0 Å². The third kappa shape index (κ3) is 6.84. The molecule has 5 nitrogen and oxygen atoms in total. The zero-order valence-electron chi connectivity index (χ0n) is 20.3. The first-order valence-electron chi connectivity index (χ1n) is 12.0. The number of para-hydroxylation sites is 1. The van der Waals surface area contributed by atoms with Crippen LogP contribution in [0.15, 0.2) is 88.7 Å². The largest absolute Gasteiger partial charge is 0.349 e. The average Bonchev–Trinajstić information content (AvgIpc) is 2.87. The van der Waals surface area contributed by atoms with Crippen LogP contribution in [0.5, 0.6) is 0 Å². The van der Waals surface area contributed by atoms with Crippen LogP contribution in [0.4, 0.5) is 5.69 Å². The van der Waals surface area contributed by atoms with E-state index in [-0.39, 0.29) is 18.4 Å². The van der Waals surface area contributed by atoms with Crippen LogP contribution < -0.4 is 15.1 Å². The molecule has 0 bridgehead atoms. The van der Waals surface area contributed by atoms with Crippen molar-refractivity contribution in [3.63, 3.8) is 0 Å². The second-order valence-corrected chi connectivity index (χ2v) is 10.0. The summed E-state index contributed by atoms with van der Waals surface area (Å²) in [6, 6.07) is 26.2. The number of hydrogen-bond acceptors (Lipinski definition) is 3. The van der Waals surface area contributed by atoms with E-state index in [2.05, 4.69) is 36.6 Å². The molecule has 2 amide bonds. The van der Waals surface area contributed by atoms with Crippen molar-refractivity contribution in [3.05, 3.63) is 100 Å². The summed E-state index contributed by atoms with van der Waals surface area (Å²) in [6.07, 6.45) is 2.91. The van der Waals surface area contributed by atoms with Crippen molar-refractivity contribution < 1.29 is 14.5 Å². The maximum absolute atomic E-state index is 13.3. The zero-order valence-corrected chi connectivity index (χ0v) is 21.1. The molecule has 0 aromatic heterocycles. The van der Waals surface area contributed by atoms with E-state index in [1.54, 1.807) is 4.90 Å². The number of nitrogens with one attached hydrogen (secondary N) is 2. The molecule has 0 fully saturated rings. The molecule has 1 atom stereocenters. The molecule has 1 aliphatic heterocycles. The van der Waals surface area contributed by atoms with Crippen LogP contribution in [0.25, 0.3) is 6.08 Å². The number of fused-ring (bicyclic) bond motifs is 1. The molecule has 0 aliphatic carbocycles. The molecule has 3 aromatic carbocycles. The highest BCUT2D eigenvalue weighted by atomic mass is 32.2. The number of hydrogen-bond donors (Lipinski definition) is 2. The molecule has 0 radical (unpaired) electrons. The molecule has 35 heavy (non-hydrogen) atoms. The number of rotatable bonds is 9. The number of carbonyl (C=O) groups is 2. The Labute approximate surface area is 211 Å². The SMILES string of the molecule is Cc1ccc(C=C2Sc3ccccc3N(CC(=O)NCC[NH+](C)CCc3ccccc3)C2=O)cc1. The van der Waals surface area contributed by atoms with Crippen molar-refractivity contribution in [1.82, 2.24) is 5.32 Å². The monoisotopic (exact) mass is 486 g/mol. The van der Waals surface area contributed by atoms with Gasteiger partial charge in [0.1, 0.15) is 6.54 Å². The summed E-state index contributed by atoms with van der Waals surface area (Å²) in [5.41, 5.74) is 4.25. The number of likely N-dealkylation sites (N-methyl/N-ethyl adjacent to an activating group) is 1. The Kier molecular flexibility index (Phi) is 8.40. The Balaban J connectivity index is 1.35. The Morgan fingerprint density at radius 3 is 2.46 bits per heavy atom. The lowest BCUT2D eigenvalue weighted by atomic mass is 10.1. The summed E-state index contributed by atoms with van der Waals surface area (Å²) in [4.78, 5) is 30.7. The molecule has 0 spiro atoms. The fraction of sp³-hybridized carbons (Fsp3) is 0.241. The van der Waals surface area contributed by atoms with Crippen LogP contribution in [0.2, 0.25) is 0 Å². The second kappa shape index (κ2) is 11.9. The molecule has 1 unspecified atom stereocenters. The van der Waals surface area contributed by atoms with E-state index in [0.29, 0.717) is 11.4 Å². The highest BCUT2D eigenvalue weighted by Crippen LogP contribution is 2.41. The Morgan fingerprint density at radius 2 is 1.69 bits per heavy atom. The average molecular weight is 487 g/mol. The molecule has 1 aliphatic rings. The van der Waals surface area contributed by atoms with Crippen LogP contribution in [-0.2, 0) is 16.0 Å². The summed E-state index contributed by atoms with van der Waals surface area (Å²) in [6.45, 7) is 4.45. The molecule has 180 valence electrons. The highest BCUT2D eigenvalue weighted by Gasteiger charge is 2.30. The maximum Gasteiger partial charge on any atom is 0.265 e. The van der Waals surface area contributed by atoms with Gasteiger partial charge in [-0.25, -0.2) is 0 Å². The van der Waals surface area contributed by atoms with Gasteiger partial charge in [0.15, 0.2) is 0 Å². The highest BCUT2D eigenvalue weighted by molar-refractivity contribution is 8.04. The van der Waals surface area contributed by atoms with E-state index in [4.69, 9.17) is 0 Å². The third-order valence-corrected chi connectivity index (χ3v) is 7.14. The van der Waals surface area contributed by atoms with Crippen LogP contribution in [0.3, 0.4) is 0 Å². The van der Waals surface area contributed by atoms with Crippen molar-refractivity contribution in [2.24, 2.45) is 0 Å². The van der Waals surface area contributed by atoms with Crippen LogP contribution >= 0.6 is 11.8 Å². The molecule has 2 N–H and O–H groups in total. The van der Waals surface area contributed by atoms with Gasteiger partial charge < -0.3 is 10.2 Å². The van der Waals surface area contributed by atoms with Crippen LogP contribution in [0.1, 0.15) is 16.7 Å². The van der Waals surface area contributed by atoms with E-state index in [9.17, 15) is 9.59 Å². The summed E-state index contributed by atoms with van der Waals surface area (Å²) >= 11 is 1.46. The number of anilines is 1. The molecular formula is C29H32N3O2S+. The molecule has 3 aromatic rings. The molecule has 0 saturated heterocycles. The minimum atomic E-state index is -0.148. The predicted molar refractivity (Wildman–Crippen MR) is 144 cm³/mol. The maximum atomic E-state index is 13.3. The van der Waals surface area contributed by atoms with Crippen LogP contribution in [-0.4, -0.2) is 45.0 Å². The van der Waals surface area contributed by atoms with Gasteiger partial charge in [0.05, 0.1) is 37.3 Å². The molecule has 0 saturated carbocycles. The van der Waals surface area contributed by atoms with Crippen molar-refractivity contribution in [2.45, 2.75) is 18.2 Å². The van der Waals surface area contributed by atoms with Gasteiger partial charge in [-0.05, 0) is 36.3 Å². The van der Waals surface area contributed by atoms with Gasteiger partial charge in [0, 0.05) is 11.3 Å². The van der Waals surface area contributed by atoms with E-state index in [1.807, 2.05) is 67.6 Å². The topological polar surface area (TPSA) is 53.9 Å². The first-order chi connectivity index (χ1) is 17.0. The van der Waals surface area contributed by atoms with Crippen molar-refractivity contribution in [2.75, 3.05) is 38.1 Å².